The van der Waals surface area contributed by atoms with Gasteiger partial charge in [-0.05, 0) is 45.2 Å². The highest BCUT2D eigenvalue weighted by molar-refractivity contribution is 5.90. The van der Waals surface area contributed by atoms with Crippen molar-refractivity contribution >= 4 is 23.8 Å². The summed E-state index contributed by atoms with van der Waals surface area (Å²) in [6.45, 7) is 6.53. The van der Waals surface area contributed by atoms with E-state index in [-0.39, 0.29) is 36.6 Å². The molecule has 4 amide bonds. The van der Waals surface area contributed by atoms with Crippen molar-refractivity contribution in [1.82, 2.24) is 25.8 Å². The summed E-state index contributed by atoms with van der Waals surface area (Å²) in [5, 5.41) is 8.28. The number of nitrogens with zero attached hydrogens (tertiary/aromatic N) is 2. The lowest BCUT2D eigenvalue weighted by Crippen LogP contribution is -2.36. The predicted octanol–water partition coefficient (Wildman–Crippen LogP) is 1.53. The van der Waals surface area contributed by atoms with E-state index in [0.29, 0.717) is 32.5 Å². The Morgan fingerprint density at radius 2 is 1.82 bits per heavy atom. The number of hydrogen-bond acceptors (Lipinski definition) is 6. The van der Waals surface area contributed by atoms with Crippen molar-refractivity contribution in [3.05, 3.63) is 30.1 Å². The van der Waals surface area contributed by atoms with Crippen molar-refractivity contribution in [2.75, 3.05) is 26.7 Å². The van der Waals surface area contributed by atoms with Crippen molar-refractivity contribution < 1.29 is 23.9 Å². The van der Waals surface area contributed by atoms with E-state index in [1.807, 2.05) is 6.07 Å². The van der Waals surface area contributed by atoms with E-state index in [1.54, 1.807) is 51.2 Å². The number of carbonyl (C=O) groups excluding carboxylic acids is 4. The largest absolute Gasteiger partial charge is 0.444 e. The van der Waals surface area contributed by atoms with Crippen LogP contribution in [0.3, 0.4) is 0 Å². The van der Waals surface area contributed by atoms with Crippen LogP contribution in [0, 0.1) is 5.92 Å². The molecular weight excluding hydrogens is 426 g/mol. The Balaban J connectivity index is 1.62. The van der Waals surface area contributed by atoms with Gasteiger partial charge in [0.25, 0.3) is 0 Å². The van der Waals surface area contributed by atoms with Gasteiger partial charge in [0.1, 0.15) is 5.60 Å². The Kier molecular flexibility index (Phi) is 9.62. The maximum Gasteiger partial charge on any atom is 0.407 e. The topological polar surface area (TPSA) is 130 Å². The molecule has 0 radical (unpaired) electrons. The molecule has 0 aliphatic carbocycles. The van der Waals surface area contributed by atoms with Crippen molar-refractivity contribution in [2.45, 2.75) is 58.1 Å². The summed E-state index contributed by atoms with van der Waals surface area (Å²) in [4.78, 5) is 54.0. The van der Waals surface area contributed by atoms with Gasteiger partial charge in [-0.3, -0.25) is 19.4 Å². The maximum absolute atomic E-state index is 12.7. The van der Waals surface area contributed by atoms with E-state index in [2.05, 4.69) is 20.9 Å². The lowest BCUT2D eigenvalue weighted by atomic mass is 9.94. The SMILES string of the molecule is CN1C(=O)C[C@H](C(=O)NCCCNC(=O)CCCNC(=O)OC(C)(C)C)[C@H]1c1cccnc1. The highest BCUT2D eigenvalue weighted by Crippen LogP contribution is 2.36. The fourth-order valence-corrected chi connectivity index (χ4v) is 3.61. The molecule has 182 valence electrons. The molecule has 2 atom stereocenters. The number of nitrogens with one attached hydrogen (secondary N) is 3. The highest BCUT2D eigenvalue weighted by Gasteiger charge is 2.42. The van der Waals surface area contributed by atoms with Gasteiger partial charge in [-0.2, -0.15) is 0 Å². The molecule has 1 aromatic heterocycles. The molecule has 1 fully saturated rings. The summed E-state index contributed by atoms with van der Waals surface area (Å²) in [7, 11) is 1.70. The van der Waals surface area contributed by atoms with Crippen molar-refractivity contribution in [3.8, 4) is 0 Å². The van der Waals surface area contributed by atoms with Gasteiger partial charge in [-0.25, -0.2) is 4.79 Å². The number of rotatable bonds is 10. The zero-order chi connectivity index (χ0) is 24.4. The first-order valence-electron chi connectivity index (χ1n) is 11.3. The van der Waals surface area contributed by atoms with Crippen LogP contribution in [0.1, 0.15) is 58.1 Å². The number of amides is 4. The molecule has 2 rings (SSSR count). The van der Waals surface area contributed by atoms with Crippen LogP contribution in [-0.4, -0.2) is 66.0 Å². The van der Waals surface area contributed by atoms with Crippen LogP contribution in [0.25, 0.3) is 0 Å². The smallest absolute Gasteiger partial charge is 0.407 e. The lowest BCUT2D eigenvalue weighted by molar-refractivity contribution is -0.128. The summed E-state index contributed by atoms with van der Waals surface area (Å²) in [6.07, 6.45) is 4.35. The highest BCUT2D eigenvalue weighted by atomic mass is 16.6. The van der Waals surface area contributed by atoms with E-state index in [0.717, 1.165) is 5.56 Å². The summed E-state index contributed by atoms with van der Waals surface area (Å²) < 4.78 is 5.13. The molecule has 1 aromatic rings. The Hall–Kier alpha value is -3.17. The zero-order valence-corrected chi connectivity index (χ0v) is 19.8. The minimum absolute atomic E-state index is 0.0718. The molecule has 33 heavy (non-hydrogen) atoms. The van der Waals surface area contributed by atoms with Gasteiger partial charge in [-0.15, -0.1) is 0 Å². The quantitative estimate of drug-likeness (QED) is 0.453. The molecule has 0 saturated carbocycles. The third-order valence-electron chi connectivity index (χ3n) is 5.17. The number of likely N-dealkylation sites (tertiary alicyclic amines) is 1. The van der Waals surface area contributed by atoms with Gasteiger partial charge in [-0.1, -0.05) is 6.07 Å². The van der Waals surface area contributed by atoms with E-state index < -0.39 is 17.6 Å². The van der Waals surface area contributed by atoms with Crippen LogP contribution in [0.4, 0.5) is 4.79 Å². The molecule has 0 unspecified atom stereocenters. The second-order valence-corrected chi connectivity index (χ2v) is 9.07. The lowest BCUT2D eigenvalue weighted by Gasteiger charge is -2.24. The number of pyridine rings is 1. The molecule has 1 aliphatic heterocycles. The normalized spacial score (nSPS) is 18.1. The fraction of sp³-hybridized carbons (Fsp3) is 0.609. The molecule has 10 heteroatoms. The van der Waals surface area contributed by atoms with Gasteiger partial charge in [0.2, 0.25) is 17.7 Å². The monoisotopic (exact) mass is 461 g/mol. The van der Waals surface area contributed by atoms with E-state index in [9.17, 15) is 19.2 Å². The van der Waals surface area contributed by atoms with Crippen LogP contribution in [-0.2, 0) is 19.1 Å². The summed E-state index contributed by atoms with van der Waals surface area (Å²) in [5.74, 6) is -0.843. The average molecular weight is 462 g/mol. The molecule has 0 aromatic carbocycles. The number of hydrogen-bond donors (Lipinski definition) is 3. The number of aromatic nitrogens is 1. The van der Waals surface area contributed by atoms with Gasteiger partial charge in [0.05, 0.1) is 12.0 Å². The van der Waals surface area contributed by atoms with Crippen LogP contribution < -0.4 is 16.0 Å². The fourth-order valence-electron chi connectivity index (χ4n) is 3.61. The molecule has 1 saturated heterocycles. The third-order valence-corrected chi connectivity index (χ3v) is 5.17. The molecule has 1 aliphatic rings. The van der Waals surface area contributed by atoms with E-state index >= 15 is 0 Å². The Morgan fingerprint density at radius 1 is 1.12 bits per heavy atom. The minimum Gasteiger partial charge on any atom is -0.444 e. The number of carbonyl (C=O) groups is 4. The standard InChI is InChI=1S/C23H35N5O5/c1-23(2,3)33-22(32)27-11-6-9-18(29)25-12-7-13-26-21(31)17-14-19(30)28(4)20(17)16-8-5-10-24-15-16/h5,8,10,15,17,20H,6-7,9,11-14H2,1-4H3,(H,25,29)(H,26,31)(H,27,32)/t17-,20+/m0/s1. The summed E-state index contributed by atoms with van der Waals surface area (Å²) >= 11 is 0. The van der Waals surface area contributed by atoms with Gasteiger partial charge < -0.3 is 25.6 Å². The second-order valence-electron chi connectivity index (χ2n) is 9.07. The van der Waals surface area contributed by atoms with Crippen LogP contribution in [0.15, 0.2) is 24.5 Å². The van der Waals surface area contributed by atoms with E-state index in [4.69, 9.17) is 4.74 Å². The molecule has 0 bridgehead atoms. The van der Waals surface area contributed by atoms with Gasteiger partial charge >= 0.3 is 6.09 Å². The number of alkyl carbamates (subject to hydrolysis) is 1. The third kappa shape index (κ3) is 8.70. The maximum atomic E-state index is 12.7. The molecule has 2 heterocycles. The Morgan fingerprint density at radius 3 is 2.48 bits per heavy atom. The van der Waals surface area contributed by atoms with E-state index in [1.165, 1.54) is 0 Å². The van der Waals surface area contributed by atoms with Crippen molar-refractivity contribution in [2.24, 2.45) is 5.92 Å². The summed E-state index contributed by atoms with van der Waals surface area (Å²) in [5.41, 5.74) is 0.277. The van der Waals surface area contributed by atoms with Gasteiger partial charge in [0.15, 0.2) is 0 Å². The number of ether oxygens (including phenoxy) is 1. The van der Waals surface area contributed by atoms with Crippen LogP contribution >= 0.6 is 0 Å². The first-order valence-corrected chi connectivity index (χ1v) is 11.3. The van der Waals surface area contributed by atoms with Crippen molar-refractivity contribution in [3.63, 3.8) is 0 Å². The molecule has 0 spiro atoms. The van der Waals surface area contributed by atoms with Crippen LogP contribution in [0.2, 0.25) is 0 Å². The Labute approximate surface area is 194 Å². The predicted molar refractivity (Wildman–Crippen MR) is 122 cm³/mol. The summed E-state index contributed by atoms with van der Waals surface area (Å²) in [6, 6.07) is 3.32. The first-order chi connectivity index (χ1) is 15.6. The molecule has 10 nitrogen and oxygen atoms in total. The van der Waals surface area contributed by atoms with Crippen molar-refractivity contribution in [1.29, 1.82) is 0 Å². The first kappa shape index (κ1) is 26.1. The molecular formula is C23H35N5O5. The van der Waals surface area contributed by atoms with Crippen LogP contribution in [0.5, 0.6) is 0 Å². The zero-order valence-electron chi connectivity index (χ0n) is 19.8. The van der Waals surface area contributed by atoms with Gasteiger partial charge in [0, 0.05) is 51.9 Å². The second kappa shape index (κ2) is 12.2. The Bertz CT molecular complexity index is 824. The average Bonchev–Trinajstić information content (AvgIpc) is 3.05. The minimum atomic E-state index is -0.556. The molecule has 3 N–H and O–H groups in total.